The van der Waals surface area contributed by atoms with Crippen LogP contribution in [0.25, 0.3) is 5.69 Å². The van der Waals surface area contributed by atoms with Crippen molar-refractivity contribution in [1.82, 2.24) is 25.6 Å². The molecule has 1 fully saturated rings. The minimum atomic E-state index is -0.166. The van der Waals surface area contributed by atoms with E-state index in [4.69, 9.17) is 0 Å². The molecule has 118 valence electrons. The molecule has 1 aliphatic heterocycles. The Kier molecular flexibility index (Phi) is 5.55. The molecular weight excluding hydrogens is 370 g/mol. The van der Waals surface area contributed by atoms with Gasteiger partial charge in [-0.05, 0) is 25.1 Å². The first-order valence-electron chi connectivity index (χ1n) is 6.82. The molecule has 3 rings (SSSR count). The van der Waals surface area contributed by atoms with E-state index in [-0.39, 0.29) is 18.3 Å². The van der Waals surface area contributed by atoms with Gasteiger partial charge in [-0.2, -0.15) is 0 Å². The molecule has 0 radical (unpaired) electrons. The van der Waals surface area contributed by atoms with Gasteiger partial charge in [0.15, 0.2) is 5.69 Å². The van der Waals surface area contributed by atoms with Crippen molar-refractivity contribution < 1.29 is 4.79 Å². The number of carbonyl (C=O) groups is 1. The van der Waals surface area contributed by atoms with Crippen LogP contribution >= 0.6 is 28.3 Å². The van der Waals surface area contributed by atoms with Crippen molar-refractivity contribution in [2.75, 3.05) is 19.6 Å². The zero-order chi connectivity index (χ0) is 14.8. The zero-order valence-corrected chi connectivity index (χ0v) is 14.4. The van der Waals surface area contributed by atoms with E-state index in [1.807, 2.05) is 31.2 Å². The van der Waals surface area contributed by atoms with Crippen LogP contribution in [0, 0.1) is 12.8 Å². The number of hydrogen-bond acceptors (Lipinski definition) is 4. The highest BCUT2D eigenvalue weighted by Crippen LogP contribution is 2.17. The number of aromatic nitrogens is 3. The summed E-state index contributed by atoms with van der Waals surface area (Å²) >= 11 is 3.43. The molecule has 0 unspecified atom stereocenters. The molecule has 1 aromatic heterocycles. The first kappa shape index (κ1) is 16.9. The van der Waals surface area contributed by atoms with E-state index >= 15 is 0 Å². The van der Waals surface area contributed by atoms with Gasteiger partial charge in [-0.25, -0.2) is 4.68 Å². The van der Waals surface area contributed by atoms with Crippen LogP contribution in [-0.2, 0) is 0 Å². The van der Waals surface area contributed by atoms with E-state index in [0.717, 1.165) is 28.9 Å². The van der Waals surface area contributed by atoms with Gasteiger partial charge in [0.25, 0.3) is 5.91 Å². The number of nitrogens with one attached hydrogen (secondary N) is 2. The van der Waals surface area contributed by atoms with E-state index in [1.165, 1.54) is 0 Å². The molecule has 0 atom stereocenters. The summed E-state index contributed by atoms with van der Waals surface area (Å²) in [6.45, 7) is 4.45. The van der Waals surface area contributed by atoms with Gasteiger partial charge in [0.2, 0.25) is 0 Å². The predicted octanol–water partition coefficient (Wildman–Crippen LogP) is 1.71. The van der Waals surface area contributed by atoms with E-state index in [0.29, 0.717) is 18.2 Å². The van der Waals surface area contributed by atoms with Crippen molar-refractivity contribution in [3.8, 4) is 5.69 Å². The third-order valence-corrected chi connectivity index (χ3v) is 4.07. The second-order valence-corrected chi connectivity index (χ2v) is 6.07. The molecule has 1 aromatic carbocycles. The van der Waals surface area contributed by atoms with Gasteiger partial charge >= 0.3 is 0 Å². The van der Waals surface area contributed by atoms with Gasteiger partial charge < -0.3 is 10.6 Å². The molecule has 2 heterocycles. The largest absolute Gasteiger partial charge is 0.350 e. The summed E-state index contributed by atoms with van der Waals surface area (Å²) in [5, 5.41) is 14.2. The van der Waals surface area contributed by atoms with Crippen molar-refractivity contribution in [3.63, 3.8) is 0 Å². The normalized spacial score (nSPS) is 14.1. The van der Waals surface area contributed by atoms with Crippen molar-refractivity contribution in [1.29, 1.82) is 0 Å². The van der Waals surface area contributed by atoms with Crippen LogP contribution in [0.15, 0.2) is 28.7 Å². The Labute approximate surface area is 143 Å². The molecule has 0 aliphatic carbocycles. The fraction of sp³-hybridized carbons (Fsp3) is 0.357. The second-order valence-electron chi connectivity index (χ2n) is 5.15. The summed E-state index contributed by atoms with van der Waals surface area (Å²) in [6, 6.07) is 7.72. The van der Waals surface area contributed by atoms with E-state index in [2.05, 4.69) is 36.9 Å². The van der Waals surface area contributed by atoms with Crippen LogP contribution < -0.4 is 10.6 Å². The van der Waals surface area contributed by atoms with Crippen LogP contribution in [0.4, 0.5) is 0 Å². The number of nitrogens with zero attached hydrogens (tertiary/aromatic N) is 3. The molecule has 22 heavy (non-hydrogen) atoms. The smallest absolute Gasteiger partial charge is 0.273 e. The fourth-order valence-corrected chi connectivity index (χ4v) is 2.59. The second kappa shape index (κ2) is 7.21. The summed E-state index contributed by atoms with van der Waals surface area (Å²) in [5.41, 5.74) is 1.98. The van der Waals surface area contributed by atoms with Gasteiger partial charge in [0, 0.05) is 30.0 Å². The van der Waals surface area contributed by atoms with Gasteiger partial charge in [0.1, 0.15) is 0 Å². The molecular formula is C14H17BrClN5O. The molecule has 1 aliphatic rings. The molecule has 1 saturated heterocycles. The minimum Gasteiger partial charge on any atom is -0.350 e. The maximum Gasteiger partial charge on any atom is 0.273 e. The lowest BCUT2D eigenvalue weighted by atomic mass is 10.0. The Bertz CT molecular complexity index is 671. The van der Waals surface area contributed by atoms with Crippen molar-refractivity contribution >= 4 is 34.2 Å². The summed E-state index contributed by atoms with van der Waals surface area (Å²) in [4.78, 5) is 12.2. The lowest BCUT2D eigenvalue weighted by Gasteiger charge is -2.26. The Balaban J connectivity index is 0.00000176. The lowest BCUT2D eigenvalue weighted by molar-refractivity contribution is 0.0936. The van der Waals surface area contributed by atoms with E-state index < -0.39 is 0 Å². The number of hydrogen-bond donors (Lipinski definition) is 2. The van der Waals surface area contributed by atoms with Crippen LogP contribution in [0.3, 0.4) is 0 Å². The number of carbonyl (C=O) groups excluding carboxylic acids is 1. The standard InChI is InChI=1S/C14H16BrN5O.ClH/c1-9-13(14(21)17-8-10-6-16-7-10)18-19-20(9)12-4-2-3-11(15)5-12;/h2-5,10,16H,6-8H2,1H3,(H,17,21);1H. The van der Waals surface area contributed by atoms with Crippen LogP contribution in [0.1, 0.15) is 16.2 Å². The fourth-order valence-electron chi connectivity index (χ4n) is 2.21. The summed E-state index contributed by atoms with van der Waals surface area (Å²) in [5.74, 6) is 0.357. The molecule has 6 nitrogen and oxygen atoms in total. The van der Waals surface area contributed by atoms with E-state index in [9.17, 15) is 4.79 Å². The van der Waals surface area contributed by atoms with Crippen LogP contribution in [0.2, 0.25) is 0 Å². The number of benzene rings is 1. The summed E-state index contributed by atoms with van der Waals surface area (Å²) < 4.78 is 2.63. The van der Waals surface area contributed by atoms with E-state index in [1.54, 1.807) is 4.68 Å². The summed E-state index contributed by atoms with van der Waals surface area (Å²) in [6.07, 6.45) is 0. The number of rotatable bonds is 4. The predicted molar refractivity (Wildman–Crippen MR) is 89.7 cm³/mol. The highest BCUT2D eigenvalue weighted by molar-refractivity contribution is 9.10. The highest BCUT2D eigenvalue weighted by atomic mass is 79.9. The van der Waals surface area contributed by atoms with Crippen molar-refractivity contribution in [2.45, 2.75) is 6.92 Å². The topological polar surface area (TPSA) is 71.8 Å². The maximum atomic E-state index is 12.2. The lowest BCUT2D eigenvalue weighted by Crippen LogP contribution is -2.48. The Morgan fingerprint density at radius 3 is 2.91 bits per heavy atom. The molecule has 2 N–H and O–H groups in total. The first-order valence-corrected chi connectivity index (χ1v) is 7.61. The van der Waals surface area contributed by atoms with Crippen LogP contribution in [-0.4, -0.2) is 40.5 Å². The maximum absolute atomic E-state index is 12.2. The minimum absolute atomic E-state index is 0. The SMILES string of the molecule is Cc1c(C(=O)NCC2CNC2)nnn1-c1cccc(Br)c1.Cl. The first-order chi connectivity index (χ1) is 10.1. The monoisotopic (exact) mass is 385 g/mol. The van der Waals surface area contributed by atoms with Gasteiger partial charge in [0.05, 0.1) is 11.4 Å². The van der Waals surface area contributed by atoms with Gasteiger partial charge in [-0.15, -0.1) is 17.5 Å². The molecule has 0 spiro atoms. The molecule has 1 amide bonds. The third kappa shape index (κ3) is 3.48. The Morgan fingerprint density at radius 2 is 2.27 bits per heavy atom. The summed E-state index contributed by atoms with van der Waals surface area (Å²) in [7, 11) is 0. The molecule has 0 bridgehead atoms. The average molecular weight is 387 g/mol. The average Bonchev–Trinajstić information content (AvgIpc) is 2.78. The highest BCUT2D eigenvalue weighted by Gasteiger charge is 2.21. The van der Waals surface area contributed by atoms with Gasteiger partial charge in [-0.1, -0.05) is 27.2 Å². The molecule has 2 aromatic rings. The van der Waals surface area contributed by atoms with Crippen molar-refractivity contribution in [2.24, 2.45) is 5.92 Å². The molecule has 8 heteroatoms. The number of amides is 1. The quantitative estimate of drug-likeness (QED) is 0.839. The molecule has 0 saturated carbocycles. The third-order valence-electron chi connectivity index (χ3n) is 3.58. The van der Waals surface area contributed by atoms with Gasteiger partial charge in [-0.3, -0.25) is 4.79 Å². The number of halogens is 2. The Morgan fingerprint density at radius 1 is 1.50 bits per heavy atom. The Hall–Kier alpha value is -1.44. The van der Waals surface area contributed by atoms with Crippen LogP contribution in [0.5, 0.6) is 0 Å². The zero-order valence-electron chi connectivity index (χ0n) is 12.0. The van der Waals surface area contributed by atoms with Crippen molar-refractivity contribution in [3.05, 3.63) is 40.1 Å².